The van der Waals surface area contributed by atoms with Crippen molar-refractivity contribution in [3.05, 3.63) is 47.4 Å². The SMILES string of the molecule is Cc1ccc(-c2cc(C(=O)O)n3nc(C)nc3n2)cc1. The molecule has 0 radical (unpaired) electrons. The average molecular weight is 268 g/mol. The van der Waals surface area contributed by atoms with Gasteiger partial charge < -0.3 is 5.11 Å². The number of fused-ring (bicyclic) bond motifs is 1. The van der Waals surface area contributed by atoms with Gasteiger partial charge in [-0.05, 0) is 19.9 Å². The maximum Gasteiger partial charge on any atom is 0.354 e. The summed E-state index contributed by atoms with van der Waals surface area (Å²) in [7, 11) is 0. The number of hydrogen-bond donors (Lipinski definition) is 1. The van der Waals surface area contributed by atoms with Crippen LogP contribution >= 0.6 is 0 Å². The lowest BCUT2D eigenvalue weighted by Crippen LogP contribution is -2.08. The Morgan fingerprint density at radius 3 is 2.50 bits per heavy atom. The zero-order valence-electron chi connectivity index (χ0n) is 11.0. The molecule has 2 aromatic heterocycles. The summed E-state index contributed by atoms with van der Waals surface area (Å²) in [5.41, 5.74) is 2.60. The molecule has 2 heterocycles. The molecule has 6 heteroatoms. The molecule has 0 saturated carbocycles. The number of nitrogens with zero attached hydrogens (tertiary/aromatic N) is 4. The number of carboxylic acid groups (broad SMARTS) is 1. The molecule has 1 aromatic carbocycles. The van der Waals surface area contributed by atoms with E-state index in [1.807, 2.05) is 31.2 Å². The summed E-state index contributed by atoms with van der Waals surface area (Å²) >= 11 is 0. The number of carboxylic acids is 1. The molecule has 0 amide bonds. The molecular weight excluding hydrogens is 256 g/mol. The summed E-state index contributed by atoms with van der Waals surface area (Å²) in [6.45, 7) is 3.69. The molecule has 3 rings (SSSR count). The molecule has 3 aromatic rings. The second-order valence-corrected chi connectivity index (χ2v) is 4.57. The maximum atomic E-state index is 11.3. The molecule has 20 heavy (non-hydrogen) atoms. The average Bonchev–Trinajstić information content (AvgIpc) is 2.78. The third-order valence-electron chi connectivity index (χ3n) is 2.98. The zero-order valence-corrected chi connectivity index (χ0v) is 11.0. The molecule has 100 valence electrons. The first kappa shape index (κ1) is 12.3. The van der Waals surface area contributed by atoms with Gasteiger partial charge in [-0.2, -0.15) is 9.50 Å². The van der Waals surface area contributed by atoms with Gasteiger partial charge in [-0.15, -0.1) is 5.10 Å². The fourth-order valence-electron chi connectivity index (χ4n) is 1.99. The van der Waals surface area contributed by atoms with Crippen molar-refractivity contribution in [3.63, 3.8) is 0 Å². The van der Waals surface area contributed by atoms with Crippen LogP contribution in [0.2, 0.25) is 0 Å². The van der Waals surface area contributed by atoms with Crippen molar-refractivity contribution in [2.45, 2.75) is 13.8 Å². The highest BCUT2D eigenvalue weighted by Crippen LogP contribution is 2.20. The summed E-state index contributed by atoms with van der Waals surface area (Å²) in [5.74, 6) is -0.283. The van der Waals surface area contributed by atoms with Gasteiger partial charge in [0, 0.05) is 5.56 Å². The van der Waals surface area contributed by atoms with E-state index in [-0.39, 0.29) is 11.5 Å². The van der Waals surface area contributed by atoms with Crippen LogP contribution in [0.1, 0.15) is 21.9 Å². The molecule has 6 nitrogen and oxygen atoms in total. The predicted octanol–water partition coefficient (Wildman–Crippen LogP) is 2.11. The van der Waals surface area contributed by atoms with Crippen molar-refractivity contribution in [2.24, 2.45) is 0 Å². The first-order valence-electron chi connectivity index (χ1n) is 6.09. The number of hydrogen-bond acceptors (Lipinski definition) is 4. The molecule has 0 spiro atoms. The maximum absolute atomic E-state index is 11.3. The van der Waals surface area contributed by atoms with Gasteiger partial charge >= 0.3 is 5.97 Å². The minimum atomic E-state index is -1.06. The predicted molar refractivity (Wildman–Crippen MR) is 72.7 cm³/mol. The van der Waals surface area contributed by atoms with Crippen molar-refractivity contribution >= 4 is 11.7 Å². The largest absolute Gasteiger partial charge is 0.477 e. The number of aryl methyl sites for hydroxylation is 2. The molecule has 0 saturated heterocycles. The summed E-state index contributed by atoms with van der Waals surface area (Å²) in [6.07, 6.45) is 0. The molecule has 0 atom stereocenters. The van der Waals surface area contributed by atoms with E-state index < -0.39 is 5.97 Å². The summed E-state index contributed by atoms with van der Waals surface area (Å²) in [5, 5.41) is 13.3. The first-order valence-corrected chi connectivity index (χ1v) is 6.09. The lowest BCUT2D eigenvalue weighted by atomic mass is 10.1. The number of benzene rings is 1. The van der Waals surface area contributed by atoms with E-state index in [2.05, 4.69) is 15.1 Å². The van der Waals surface area contributed by atoms with Crippen LogP contribution in [0.25, 0.3) is 17.0 Å². The number of rotatable bonds is 2. The molecule has 0 aliphatic rings. The van der Waals surface area contributed by atoms with Crippen LogP contribution in [0.3, 0.4) is 0 Å². The first-order chi connectivity index (χ1) is 9.54. The van der Waals surface area contributed by atoms with Crippen molar-refractivity contribution in [1.29, 1.82) is 0 Å². The third kappa shape index (κ3) is 2.01. The molecule has 1 N–H and O–H groups in total. The van der Waals surface area contributed by atoms with Crippen LogP contribution in [-0.2, 0) is 0 Å². The van der Waals surface area contributed by atoms with E-state index in [0.717, 1.165) is 11.1 Å². The van der Waals surface area contributed by atoms with Crippen molar-refractivity contribution in [3.8, 4) is 11.3 Å². The van der Waals surface area contributed by atoms with Gasteiger partial charge in [-0.1, -0.05) is 29.8 Å². The molecular formula is C14H12N4O2. The summed E-state index contributed by atoms with van der Waals surface area (Å²) in [4.78, 5) is 19.8. The Balaban J connectivity index is 2.26. The van der Waals surface area contributed by atoms with E-state index >= 15 is 0 Å². The van der Waals surface area contributed by atoms with Crippen LogP contribution in [0.5, 0.6) is 0 Å². The molecule has 0 aliphatic heterocycles. The normalized spacial score (nSPS) is 10.9. The van der Waals surface area contributed by atoms with Gasteiger partial charge in [-0.3, -0.25) is 0 Å². The Labute approximate surface area is 114 Å². The Bertz CT molecular complexity index is 806. The van der Waals surface area contributed by atoms with Gasteiger partial charge in [0.25, 0.3) is 5.78 Å². The lowest BCUT2D eigenvalue weighted by molar-refractivity contribution is 0.0687. The number of aromatic nitrogens is 4. The van der Waals surface area contributed by atoms with Crippen molar-refractivity contribution in [1.82, 2.24) is 19.6 Å². The smallest absolute Gasteiger partial charge is 0.354 e. The van der Waals surface area contributed by atoms with Crippen LogP contribution in [0.15, 0.2) is 30.3 Å². The minimum Gasteiger partial charge on any atom is -0.477 e. The van der Waals surface area contributed by atoms with Gasteiger partial charge in [0.05, 0.1) is 5.69 Å². The molecule has 0 fully saturated rings. The second kappa shape index (κ2) is 4.41. The van der Waals surface area contributed by atoms with E-state index in [0.29, 0.717) is 11.5 Å². The van der Waals surface area contributed by atoms with E-state index in [1.54, 1.807) is 6.92 Å². The van der Waals surface area contributed by atoms with Crippen LogP contribution < -0.4 is 0 Å². The van der Waals surface area contributed by atoms with E-state index in [9.17, 15) is 9.90 Å². The number of carbonyl (C=O) groups is 1. The highest BCUT2D eigenvalue weighted by Gasteiger charge is 2.15. The Hall–Kier alpha value is -2.76. The lowest BCUT2D eigenvalue weighted by Gasteiger charge is -2.04. The minimum absolute atomic E-state index is 0.0474. The standard InChI is InChI=1S/C14H12N4O2/c1-8-3-5-10(6-4-8)11-7-12(13(19)20)18-14(16-11)15-9(2)17-18/h3-7H,1-2H3,(H,19,20). The molecule has 0 unspecified atom stereocenters. The van der Waals surface area contributed by atoms with Gasteiger partial charge in [-0.25, -0.2) is 9.78 Å². The monoisotopic (exact) mass is 268 g/mol. The quantitative estimate of drug-likeness (QED) is 0.769. The van der Waals surface area contributed by atoms with Crippen LogP contribution in [0.4, 0.5) is 0 Å². The Kier molecular flexibility index (Phi) is 2.71. The summed E-state index contributed by atoms with van der Waals surface area (Å²) in [6, 6.07) is 9.23. The van der Waals surface area contributed by atoms with Crippen LogP contribution in [-0.4, -0.2) is 30.7 Å². The fourth-order valence-corrected chi connectivity index (χ4v) is 1.99. The number of aromatic carboxylic acids is 1. The summed E-state index contributed by atoms with van der Waals surface area (Å²) < 4.78 is 1.25. The zero-order chi connectivity index (χ0) is 14.3. The van der Waals surface area contributed by atoms with Gasteiger partial charge in [0.1, 0.15) is 5.82 Å². The fraction of sp³-hybridized carbons (Fsp3) is 0.143. The van der Waals surface area contributed by atoms with Gasteiger partial charge in [0.2, 0.25) is 0 Å². The van der Waals surface area contributed by atoms with Crippen LogP contribution in [0, 0.1) is 13.8 Å². The van der Waals surface area contributed by atoms with E-state index in [1.165, 1.54) is 10.6 Å². The Morgan fingerprint density at radius 1 is 1.15 bits per heavy atom. The van der Waals surface area contributed by atoms with Crippen molar-refractivity contribution in [2.75, 3.05) is 0 Å². The highest BCUT2D eigenvalue weighted by atomic mass is 16.4. The highest BCUT2D eigenvalue weighted by molar-refractivity contribution is 5.87. The third-order valence-corrected chi connectivity index (χ3v) is 2.98. The second-order valence-electron chi connectivity index (χ2n) is 4.57. The van der Waals surface area contributed by atoms with Crippen molar-refractivity contribution < 1.29 is 9.90 Å². The Morgan fingerprint density at radius 2 is 1.85 bits per heavy atom. The van der Waals surface area contributed by atoms with E-state index in [4.69, 9.17) is 0 Å². The molecule has 0 aliphatic carbocycles. The molecule has 0 bridgehead atoms. The van der Waals surface area contributed by atoms with Gasteiger partial charge in [0.15, 0.2) is 5.69 Å². The topological polar surface area (TPSA) is 80.4 Å².